The number of ether oxygens (including phenoxy) is 1. The number of rotatable bonds is 6. The first-order valence-electron chi connectivity index (χ1n) is 9.87. The lowest BCUT2D eigenvalue weighted by molar-refractivity contribution is 0.0788. The Labute approximate surface area is 180 Å². The number of carbonyl (C=O) groups is 2. The van der Waals surface area contributed by atoms with E-state index in [0.717, 1.165) is 0 Å². The predicted molar refractivity (Wildman–Crippen MR) is 118 cm³/mol. The van der Waals surface area contributed by atoms with Gasteiger partial charge in [-0.15, -0.1) is 9.24 Å². The first kappa shape index (κ1) is 21.4. The van der Waals surface area contributed by atoms with Crippen LogP contribution in [0.1, 0.15) is 45.2 Å². The number of aliphatic hydroxyl groups excluding tert-OH is 2. The number of aliphatic hydroxyl groups is 2. The second-order valence-electron chi connectivity index (χ2n) is 7.66. The van der Waals surface area contributed by atoms with Gasteiger partial charge in [0.15, 0.2) is 23.1 Å². The second kappa shape index (κ2) is 8.35. The molecule has 4 rings (SSSR count). The topological polar surface area (TPSA) is 117 Å². The maximum absolute atomic E-state index is 13.2. The molecular weight excluding hydrogens is 417 g/mol. The fraction of sp³-hybridized carbons (Fsp3) is 0.261. The first-order valence-corrected chi connectivity index (χ1v) is 10.5. The maximum atomic E-state index is 13.2. The molecule has 1 heterocycles. The molecular formula is C23H22NO6P. The highest BCUT2D eigenvalue weighted by Gasteiger charge is 2.36. The van der Waals surface area contributed by atoms with E-state index in [0.29, 0.717) is 5.39 Å². The number of hydrogen-bond donors (Lipinski definition) is 3. The van der Waals surface area contributed by atoms with Crippen molar-refractivity contribution in [3.63, 3.8) is 0 Å². The summed E-state index contributed by atoms with van der Waals surface area (Å²) in [5.74, 6) is -1.29. The Bertz CT molecular complexity index is 1190. The van der Waals surface area contributed by atoms with Gasteiger partial charge >= 0.3 is 0 Å². The van der Waals surface area contributed by atoms with Crippen LogP contribution in [0, 0.1) is 0 Å². The van der Waals surface area contributed by atoms with E-state index < -0.39 is 29.4 Å². The van der Waals surface area contributed by atoms with Gasteiger partial charge in [0.1, 0.15) is 5.52 Å². The highest BCUT2D eigenvalue weighted by atomic mass is 31.0. The Balaban J connectivity index is 1.81. The minimum absolute atomic E-state index is 0.0186. The van der Waals surface area contributed by atoms with Crippen LogP contribution >= 0.6 is 9.24 Å². The number of fused-ring (bicyclic) bond motifs is 4. The van der Waals surface area contributed by atoms with Crippen molar-refractivity contribution >= 4 is 31.7 Å². The lowest BCUT2D eigenvalue weighted by Crippen LogP contribution is -2.29. The Hall–Kier alpha value is -2.86. The van der Waals surface area contributed by atoms with Crippen molar-refractivity contribution in [2.45, 2.75) is 31.2 Å². The van der Waals surface area contributed by atoms with Gasteiger partial charge in [-0.1, -0.05) is 30.3 Å². The van der Waals surface area contributed by atoms with Crippen molar-refractivity contribution < 1.29 is 29.6 Å². The smallest absolute Gasteiger partial charge is 0.198 e. The fourth-order valence-corrected chi connectivity index (χ4v) is 4.08. The molecule has 0 bridgehead atoms. The summed E-state index contributed by atoms with van der Waals surface area (Å²) in [6.45, 7) is 1.56. The lowest BCUT2D eigenvalue weighted by Gasteiger charge is -2.24. The third kappa shape index (κ3) is 3.69. The van der Waals surface area contributed by atoms with E-state index in [-0.39, 0.29) is 52.3 Å². The molecule has 4 unspecified atom stereocenters. The molecule has 1 aliphatic rings. The van der Waals surface area contributed by atoms with Crippen molar-refractivity contribution in [1.29, 1.82) is 0 Å². The molecule has 0 saturated carbocycles. The number of pyridine rings is 1. The molecule has 31 heavy (non-hydrogen) atoms. The number of nitrogens with zero attached hydrogens (tertiary/aromatic N) is 1. The maximum Gasteiger partial charge on any atom is 0.198 e. The Morgan fingerprint density at radius 3 is 2.32 bits per heavy atom. The van der Waals surface area contributed by atoms with E-state index in [2.05, 4.69) is 14.2 Å². The third-order valence-electron chi connectivity index (χ3n) is 5.36. The van der Waals surface area contributed by atoms with Crippen LogP contribution in [0.25, 0.3) is 10.9 Å². The molecule has 160 valence electrons. The summed E-state index contributed by atoms with van der Waals surface area (Å²) in [5.41, 5.74) is 0.311. The van der Waals surface area contributed by atoms with Gasteiger partial charge in [0.25, 0.3) is 0 Å². The van der Waals surface area contributed by atoms with Gasteiger partial charge in [-0.05, 0) is 19.4 Å². The molecule has 0 radical (unpaired) electrons. The number of carbonyl (C=O) groups excluding carboxylic acids is 2. The van der Waals surface area contributed by atoms with Crippen LogP contribution < -0.4 is 4.74 Å². The molecule has 2 aromatic carbocycles. The standard InChI is InChI=1S/C23H22NO6P/c1-11(25)9-15(26)16(31)10-30-23-19-14(7-4-8-24-19)17-18(22(23)29)21(28)13-6-3-2-5-12(13)20(17)27/h2-8,11,15-16,25-26,29H,9-10,31H2,1H3. The normalized spacial score (nSPS) is 15.9. The summed E-state index contributed by atoms with van der Waals surface area (Å²) in [4.78, 5) is 30.7. The van der Waals surface area contributed by atoms with Gasteiger partial charge in [0.2, 0.25) is 0 Å². The average Bonchev–Trinajstić information content (AvgIpc) is 2.75. The quantitative estimate of drug-likeness (QED) is 0.395. The highest BCUT2D eigenvalue weighted by Crippen LogP contribution is 2.44. The SMILES string of the molecule is CC(O)CC(O)C(P)COc1c(O)c2c(c3cccnc13)C(=O)c1ccccc1C2=O. The molecule has 0 spiro atoms. The van der Waals surface area contributed by atoms with Crippen LogP contribution in [0.5, 0.6) is 11.5 Å². The number of benzene rings is 2. The number of ketones is 2. The average molecular weight is 439 g/mol. The van der Waals surface area contributed by atoms with E-state index >= 15 is 0 Å². The Morgan fingerprint density at radius 2 is 1.68 bits per heavy atom. The monoisotopic (exact) mass is 439 g/mol. The van der Waals surface area contributed by atoms with Crippen LogP contribution in [-0.2, 0) is 0 Å². The Morgan fingerprint density at radius 1 is 1.03 bits per heavy atom. The van der Waals surface area contributed by atoms with Gasteiger partial charge in [-0.25, -0.2) is 0 Å². The number of phenols is 1. The molecule has 1 aliphatic carbocycles. The number of phenolic OH excluding ortho intramolecular Hbond substituents is 1. The van der Waals surface area contributed by atoms with Crippen LogP contribution in [0.3, 0.4) is 0 Å². The van der Waals surface area contributed by atoms with Crippen molar-refractivity contribution in [3.8, 4) is 11.5 Å². The molecule has 3 N–H and O–H groups in total. The zero-order chi connectivity index (χ0) is 22.3. The highest BCUT2D eigenvalue weighted by molar-refractivity contribution is 7.17. The molecule has 0 fully saturated rings. The summed E-state index contributed by atoms with van der Waals surface area (Å²) in [6, 6.07) is 9.79. The van der Waals surface area contributed by atoms with E-state index in [4.69, 9.17) is 4.74 Å². The summed E-state index contributed by atoms with van der Waals surface area (Å²) in [7, 11) is 2.45. The van der Waals surface area contributed by atoms with E-state index in [1.54, 1.807) is 43.3 Å². The summed E-state index contributed by atoms with van der Waals surface area (Å²) in [5, 5.41) is 31.1. The molecule has 8 heteroatoms. The number of aromatic hydroxyl groups is 1. The largest absolute Gasteiger partial charge is 0.504 e. The van der Waals surface area contributed by atoms with Crippen molar-refractivity contribution in [2.75, 3.05) is 6.61 Å². The van der Waals surface area contributed by atoms with E-state index in [1.807, 2.05) is 0 Å². The third-order valence-corrected chi connectivity index (χ3v) is 6.00. The molecule has 7 nitrogen and oxygen atoms in total. The van der Waals surface area contributed by atoms with Crippen molar-refractivity contribution in [2.24, 2.45) is 0 Å². The minimum atomic E-state index is -0.848. The minimum Gasteiger partial charge on any atom is -0.504 e. The molecule has 0 amide bonds. The summed E-state index contributed by atoms with van der Waals surface area (Å²) < 4.78 is 5.81. The molecule has 0 aliphatic heterocycles. The van der Waals surface area contributed by atoms with Crippen LogP contribution in [0.15, 0.2) is 42.6 Å². The molecule has 1 aromatic heterocycles. The van der Waals surface area contributed by atoms with Crippen molar-refractivity contribution in [1.82, 2.24) is 4.98 Å². The first-order chi connectivity index (χ1) is 14.8. The Kier molecular flexibility index (Phi) is 5.75. The molecule has 4 atom stereocenters. The van der Waals surface area contributed by atoms with Crippen LogP contribution in [-0.4, -0.2) is 56.3 Å². The number of hydrogen-bond acceptors (Lipinski definition) is 7. The fourth-order valence-electron chi connectivity index (χ4n) is 3.82. The molecule has 0 saturated heterocycles. The van der Waals surface area contributed by atoms with E-state index in [1.165, 1.54) is 6.20 Å². The van der Waals surface area contributed by atoms with Crippen LogP contribution in [0.4, 0.5) is 0 Å². The van der Waals surface area contributed by atoms with Gasteiger partial charge in [0, 0.05) is 33.9 Å². The predicted octanol–water partition coefficient (Wildman–Crippen LogP) is 2.47. The summed E-state index contributed by atoms with van der Waals surface area (Å²) >= 11 is 0. The van der Waals surface area contributed by atoms with Crippen LogP contribution in [0.2, 0.25) is 0 Å². The molecule has 3 aromatic rings. The second-order valence-corrected chi connectivity index (χ2v) is 8.51. The van der Waals surface area contributed by atoms with Gasteiger partial charge in [-0.3, -0.25) is 14.6 Å². The van der Waals surface area contributed by atoms with E-state index in [9.17, 15) is 24.9 Å². The zero-order valence-electron chi connectivity index (χ0n) is 16.8. The van der Waals surface area contributed by atoms with Crippen molar-refractivity contribution in [3.05, 3.63) is 64.8 Å². The summed E-state index contributed by atoms with van der Waals surface area (Å²) in [6.07, 6.45) is 0.140. The number of aromatic nitrogens is 1. The van der Waals surface area contributed by atoms with Gasteiger partial charge < -0.3 is 20.1 Å². The van der Waals surface area contributed by atoms with Gasteiger partial charge in [-0.2, -0.15) is 0 Å². The lowest BCUT2D eigenvalue weighted by atomic mass is 9.81. The van der Waals surface area contributed by atoms with Gasteiger partial charge in [0.05, 0.1) is 24.4 Å². The zero-order valence-corrected chi connectivity index (χ0v) is 17.9.